The fourth-order valence-electron chi connectivity index (χ4n) is 5.43. The molecule has 0 spiro atoms. The van der Waals surface area contributed by atoms with Gasteiger partial charge in [0.1, 0.15) is 0 Å². The standard InChI is InChI=1S/C30H26N2O/c1-19-12-14-21(15-13-19)30(33)31-23-8-4-7-22(18-23)29-26-11-5-10-25(26)28-24-9-3-2-6-20(24)16-17-27(28)32-29/h2-10,12-18,25-26,29,32H,11H2,1H3,(H,31,33)/t25-,26+,29+/m0/s1. The van der Waals surface area contributed by atoms with Crippen LogP contribution >= 0.6 is 0 Å². The van der Waals surface area contributed by atoms with Gasteiger partial charge in [0, 0.05) is 22.9 Å². The number of anilines is 2. The van der Waals surface area contributed by atoms with Crippen LogP contribution in [-0.2, 0) is 0 Å². The molecule has 1 aliphatic heterocycles. The zero-order chi connectivity index (χ0) is 22.4. The number of amides is 1. The van der Waals surface area contributed by atoms with Gasteiger partial charge in [-0.3, -0.25) is 4.79 Å². The largest absolute Gasteiger partial charge is 0.378 e. The van der Waals surface area contributed by atoms with Gasteiger partial charge in [-0.1, -0.05) is 72.3 Å². The lowest BCUT2D eigenvalue weighted by atomic mass is 9.75. The molecule has 0 unspecified atom stereocenters. The Morgan fingerprint density at radius 1 is 0.939 bits per heavy atom. The van der Waals surface area contributed by atoms with Crippen LogP contribution in [0.4, 0.5) is 11.4 Å². The van der Waals surface area contributed by atoms with E-state index in [1.807, 2.05) is 43.3 Å². The molecule has 1 aliphatic carbocycles. The maximum absolute atomic E-state index is 12.7. The van der Waals surface area contributed by atoms with E-state index in [2.05, 4.69) is 71.3 Å². The first-order valence-corrected chi connectivity index (χ1v) is 11.6. The summed E-state index contributed by atoms with van der Waals surface area (Å²) >= 11 is 0. The summed E-state index contributed by atoms with van der Waals surface area (Å²) in [5.74, 6) is 0.760. The molecular weight excluding hydrogens is 404 g/mol. The molecule has 3 atom stereocenters. The topological polar surface area (TPSA) is 41.1 Å². The maximum atomic E-state index is 12.7. The summed E-state index contributed by atoms with van der Waals surface area (Å²) in [7, 11) is 0. The van der Waals surface area contributed by atoms with Crippen LogP contribution < -0.4 is 10.6 Å². The Bertz CT molecular complexity index is 1390. The summed E-state index contributed by atoms with van der Waals surface area (Å²) < 4.78 is 0. The summed E-state index contributed by atoms with van der Waals surface area (Å²) in [5, 5.41) is 9.54. The molecule has 3 nitrogen and oxygen atoms in total. The van der Waals surface area contributed by atoms with Crippen LogP contribution in [0.5, 0.6) is 0 Å². The van der Waals surface area contributed by atoms with Crippen molar-refractivity contribution in [3.63, 3.8) is 0 Å². The third-order valence-corrected chi connectivity index (χ3v) is 7.07. The molecule has 0 bridgehead atoms. The van der Waals surface area contributed by atoms with Crippen LogP contribution in [0, 0.1) is 12.8 Å². The molecule has 162 valence electrons. The number of allylic oxidation sites excluding steroid dienone is 2. The average molecular weight is 431 g/mol. The molecule has 0 saturated carbocycles. The Balaban J connectivity index is 1.32. The van der Waals surface area contributed by atoms with E-state index in [9.17, 15) is 4.79 Å². The molecule has 2 N–H and O–H groups in total. The molecule has 1 amide bonds. The zero-order valence-corrected chi connectivity index (χ0v) is 18.6. The molecule has 0 radical (unpaired) electrons. The number of hydrogen-bond donors (Lipinski definition) is 2. The minimum Gasteiger partial charge on any atom is -0.378 e. The number of aryl methyl sites for hydroxylation is 1. The maximum Gasteiger partial charge on any atom is 0.255 e. The Kier molecular flexibility index (Phi) is 4.76. The molecule has 1 heterocycles. The molecule has 6 rings (SSSR count). The highest BCUT2D eigenvalue weighted by atomic mass is 16.1. The van der Waals surface area contributed by atoms with E-state index < -0.39 is 0 Å². The molecule has 0 aromatic heterocycles. The first-order chi connectivity index (χ1) is 16.2. The number of rotatable bonds is 3. The minimum atomic E-state index is -0.0824. The molecule has 3 heteroatoms. The minimum absolute atomic E-state index is 0.0824. The van der Waals surface area contributed by atoms with E-state index in [4.69, 9.17) is 0 Å². The van der Waals surface area contributed by atoms with Gasteiger partial charge in [-0.2, -0.15) is 0 Å². The molecular formula is C30H26N2O. The monoisotopic (exact) mass is 430 g/mol. The van der Waals surface area contributed by atoms with Gasteiger partial charge in [-0.25, -0.2) is 0 Å². The lowest BCUT2D eigenvalue weighted by molar-refractivity contribution is 0.102. The molecule has 4 aromatic carbocycles. The summed E-state index contributed by atoms with van der Waals surface area (Å²) in [6.45, 7) is 2.02. The Morgan fingerprint density at radius 3 is 2.67 bits per heavy atom. The van der Waals surface area contributed by atoms with Gasteiger partial charge in [0.25, 0.3) is 5.91 Å². The normalized spacial score (nSPS) is 20.7. The van der Waals surface area contributed by atoms with Crippen molar-refractivity contribution < 1.29 is 4.79 Å². The van der Waals surface area contributed by atoms with Crippen molar-refractivity contribution in [1.29, 1.82) is 0 Å². The fourth-order valence-corrected chi connectivity index (χ4v) is 5.43. The first-order valence-electron chi connectivity index (χ1n) is 11.6. The van der Waals surface area contributed by atoms with Crippen molar-refractivity contribution in [3.8, 4) is 0 Å². The third-order valence-electron chi connectivity index (χ3n) is 7.07. The van der Waals surface area contributed by atoms with E-state index in [1.54, 1.807) is 0 Å². The van der Waals surface area contributed by atoms with Crippen LogP contribution in [0.3, 0.4) is 0 Å². The average Bonchev–Trinajstić information content (AvgIpc) is 3.34. The van der Waals surface area contributed by atoms with E-state index in [1.165, 1.54) is 27.6 Å². The van der Waals surface area contributed by atoms with E-state index in [0.717, 1.165) is 17.7 Å². The molecule has 0 fully saturated rings. The highest BCUT2D eigenvalue weighted by Crippen LogP contribution is 2.51. The van der Waals surface area contributed by atoms with Gasteiger partial charge in [-0.15, -0.1) is 0 Å². The summed E-state index contributed by atoms with van der Waals surface area (Å²) in [5.41, 5.74) is 6.46. The molecule has 0 saturated heterocycles. The van der Waals surface area contributed by atoms with Crippen LogP contribution in [0.25, 0.3) is 10.8 Å². The van der Waals surface area contributed by atoms with Gasteiger partial charge in [0.15, 0.2) is 0 Å². The van der Waals surface area contributed by atoms with Gasteiger partial charge in [0.05, 0.1) is 6.04 Å². The quantitative estimate of drug-likeness (QED) is 0.337. The second-order valence-electron chi connectivity index (χ2n) is 9.17. The Hall–Kier alpha value is -3.85. The van der Waals surface area contributed by atoms with Crippen molar-refractivity contribution in [2.75, 3.05) is 10.6 Å². The Labute approximate surface area is 194 Å². The lowest BCUT2D eigenvalue weighted by Gasteiger charge is -2.38. The van der Waals surface area contributed by atoms with Gasteiger partial charge in [-0.05, 0) is 71.5 Å². The number of nitrogens with one attached hydrogen (secondary N) is 2. The number of benzene rings is 4. The van der Waals surface area contributed by atoms with Crippen LogP contribution in [0.15, 0.2) is 97.1 Å². The second-order valence-corrected chi connectivity index (χ2v) is 9.17. The van der Waals surface area contributed by atoms with Crippen LogP contribution in [-0.4, -0.2) is 5.91 Å². The lowest BCUT2D eigenvalue weighted by Crippen LogP contribution is -2.29. The SMILES string of the molecule is Cc1ccc(C(=O)Nc2cccc([C@H]3Nc4ccc5ccccc5c4[C@H]4C=CC[C@H]43)c2)cc1. The van der Waals surface area contributed by atoms with Crippen molar-refractivity contribution in [1.82, 2.24) is 0 Å². The summed E-state index contributed by atoms with van der Waals surface area (Å²) in [4.78, 5) is 12.7. The second kappa shape index (κ2) is 7.93. The molecule has 33 heavy (non-hydrogen) atoms. The van der Waals surface area contributed by atoms with Crippen molar-refractivity contribution in [3.05, 3.63) is 119 Å². The van der Waals surface area contributed by atoms with Crippen molar-refractivity contribution >= 4 is 28.1 Å². The third kappa shape index (κ3) is 3.50. The van der Waals surface area contributed by atoms with Gasteiger partial charge < -0.3 is 10.6 Å². The smallest absolute Gasteiger partial charge is 0.255 e. The van der Waals surface area contributed by atoms with Gasteiger partial charge >= 0.3 is 0 Å². The van der Waals surface area contributed by atoms with Crippen LogP contribution in [0.1, 0.15) is 45.4 Å². The van der Waals surface area contributed by atoms with E-state index >= 15 is 0 Å². The number of hydrogen-bond acceptors (Lipinski definition) is 2. The molecule has 2 aliphatic rings. The highest BCUT2D eigenvalue weighted by molar-refractivity contribution is 6.04. The van der Waals surface area contributed by atoms with Crippen molar-refractivity contribution in [2.24, 2.45) is 5.92 Å². The predicted octanol–water partition coefficient (Wildman–Crippen LogP) is 7.23. The highest BCUT2D eigenvalue weighted by Gasteiger charge is 2.38. The summed E-state index contributed by atoms with van der Waals surface area (Å²) in [6, 6.07) is 29.2. The van der Waals surface area contributed by atoms with E-state index in [-0.39, 0.29) is 11.9 Å². The predicted molar refractivity (Wildman–Crippen MR) is 136 cm³/mol. The van der Waals surface area contributed by atoms with Crippen molar-refractivity contribution in [2.45, 2.75) is 25.3 Å². The van der Waals surface area contributed by atoms with Gasteiger partial charge in [0.2, 0.25) is 0 Å². The Morgan fingerprint density at radius 2 is 1.79 bits per heavy atom. The number of carbonyl (C=O) groups excluding carboxylic acids is 1. The number of fused-ring (bicyclic) bond motifs is 5. The summed E-state index contributed by atoms with van der Waals surface area (Å²) in [6.07, 6.45) is 5.75. The van der Waals surface area contributed by atoms with E-state index in [0.29, 0.717) is 17.4 Å². The zero-order valence-electron chi connectivity index (χ0n) is 18.6. The number of carbonyl (C=O) groups is 1. The first kappa shape index (κ1) is 19.8. The molecule has 4 aromatic rings. The van der Waals surface area contributed by atoms with Crippen LogP contribution in [0.2, 0.25) is 0 Å². The fraction of sp³-hybridized carbons (Fsp3) is 0.167.